The number of amides is 1. The number of carbonyl (C=O) groups excluding carboxylic acids is 1. The average Bonchev–Trinajstić information content (AvgIpc) is 2.48. The summed E-state index contributed by atoms with van der Waals surface area (Å²) >= 11 is 6.13. The van der Waals surface area contributed by atoms with Crippen LogP contribution in [0.1, 0.15) is 20.3 Å². The van der Waals surface area contributed by atoms with Crippen molar-refractivity contribution < 1.29 is 19.0 Å². The Balaban J connectivity index is 2.73. The number of halogens is 1. The van der Waals surface area contributed by atoms with Crippen LogP contribution >= 0.6 is 11.6 Å². The minimum Gasteiger partial charge on any atom is -0.490 e. The highest BCUT2D eigenvalue weighted by atomic mass is 35.5. The summed E-state index contributed by atoms with van der Waals surface area (Å²) in [4.78, 5) is 12.2. The topological polar surface area (TPSA) is 56.8 Å². The minimum absolute atomic E-state index is 0.211. The molecule has 0 bridgehead atoms. The standard InChI is InChI=1S/C15H22ClNO4/c1-5-15(2,20-4)14(18)17-11-6-7-13(12(16)10-11)21-9-8-19-3/h6-7,10H,5,8-9H2,1-4H3,(H,17,18)/t15-/m1/s1. The highest BCUT2D eigenvalue weighted by molar-refractivity contribution is 6.32. The smallest absolute Gasteiger partial charge is 0.256 e. The van der Waals surface area contributed by atoms with Gasteiger partial charge in [0.05, 0.1) is 11.6 Å². The van der Waals surface area contributed by atoms with E-state index in [0.29, 0.717) is 36.1 Å². The van der Waals surface area contributed by atoms with Crippen LogP contribution in [-0.2, 0) is 14.3 Å². The molecule has 0 aliphatic rings. The molecular weight excluding hydrogens is 294 g/mol. The zero-order chi connectivity index (χ0) is 15.9. The molecule has 1 atom stereocenters. The van der Waals surface area contributed by atoms with E-state index in [9.17, 15) is 4.79 Å². The van der Waals surface area contributed by atoms with Crippen LogP contribution in [-0.4, -0.2) is 38.9 Å². The second-order valence-electron chi connectivity index (χ2n) is 4.73. The lowest BCUT2D eigenvalue weighted by atomic mass is 10.0. The number of methoxy groups -OCH3 is 2. The molecule has 1 aromatic rings. The van der Waals surface area contributed by atoms with Gasteiger partial charge in [-0.1, -0.05) is 18.5 Å². The van der Waals surface area contributed by atoms with Gasteiger partial charge < -0.3 is 19.5 Å². The predicted molar refractivity (Wildman–Crippen MR) is 83.2 cm³/mol. The Morgan fingerprint density at radius 3 is 2.57 bits per heavy atom. The summed E-state index contributed by atoms with van der Waals surface area (Å²) < 4.78 is 15.6. The fourth-order valence-corrected chi connectivity index (χ4v) is 1.83. The normalized spacial score (nSPS) is 13.6. The molecule has 0 saturated heterocycles. The number of nitrogens with one attached hydrogen (secondary N) is 1. The summed E-state index contributed by atoms with van der Waals surface area (Å²) in [5.41, 5.74) is -0.263. The Labute approximate surface area is 130 Å². The third-order valence-electron chi connectivity index (χ3n) is 3.34. The van der Waals surface area contributed by atoms with E-state index in [1.54, 1.807) is 32.2 Å². The molecule has 5 nitrogen and oxygen atoms in total. The van der Waals surface area contributed by atoms with Gasteiger partial charge >= 0.3 is 0 Å². The lowest BCUT2D eigenvalue weighted by Gasteiger charge is -2.25. The van der Waals surface area contributed by atoms with Crippen LogP contribution in [0.15, 0.2) is 18.2 Å². The molecule has 0 aliphatic carbocycles. The molecule has 0 aromatic heterocycles. The first-order valence-corrected chi connectivity index (χ1v) is 7.12. The molecule has 1 N–H and O–H groups in total. The first-order valence-electron chi connectivity index (χ1n) is 6.74. The van der Waals surface area contributed by atoms with Crippen molar-refractivity contribution >= 4 is 23.2 Å². The van der Waals surface area contributed by atoms with Crippen molar-refractivity contribution in [3.63, 3.8) is 0 Å². The van der Waals surface area contributed by atoms with Gasteiger partial charge in [-0.15, -0.1) is 0 Å². The van der Waals surface area contributed by atoms with Crippen molar-refractivity contribution in [1.29, 1.82) is 0 Å². The van der Waals surface area contributed by atoms with Crippen molar-refractivity contribution in [1.82, 2.24) is 0 Å². The van der Waals surface area contributed by atoms with Gasteiger partial charge in [0.1, 0.15) is 18.0 Å². The predicted octanol–water partition coefficient (Wildman–Crippen LogP) is 3.12. The molecule has 0 unspecified atom stereocenters. The summed E-state index contributed by atoms with van der Waals surface area (Å²) in [6, 6.07) is 5.09. The third kappa shape index (κ3) is 4.88. The molecule has 0 saturated carbocycles. The summed E-state index contributed by atoms with van der Waals surface area (Å²) in [6.45, 7) is 4.53. The van der Waals surface area contributed by atoms with Gasteiger partial charge in [0.15, 0.2) is 0 Å². The first-order chi connectivity index (χ1) is 9.96. The van der Waals surface area contributed by atoms with E-state index in [4.69, 9.17) is 25.8 Å². The molecule has 118 valence electrons. The molecule has 0 radical (unpaired) electrons. The number of ether oxygens (including phenoxy) is 3. The molecule has 0 aliphatic heterocycles. The Bertz CT molecular complexity index is 475. The lowest BCUT2D eigenvalue weighted by Crippen LogP contribution is -2.41. The molecule has 21 heavy (non-hydrogen) atoms. The highest BCUT2D eigenvalue weighted by Crippen LogP contribution is 2.28. The number of benzene rings is 1. The second-order valence-corrected chi connectivity index (χ2v) is 5.14. The van der Waals surface area contributed by atoms with Crippen molar-refractivity contribution in [2.75, 3.05) is 32.8 Å². The first kappa shape index (κ1) is 17.8. The van der Waals surface area contributed by atoms with Crippen LogP contribution in [0, 0.1) is 0 Å². The molecule has 6 heteroatoms. The highest BCUT2D eigenvalue weighted by Gasteiger charge is 2.30. The quantitative estimate of drug-likeness (QED) is 0.749. The maximum absolute atomic E-state index is 12.2. The van der Waals surface area contributed by atoms with E-state index in [-0.39, 0.29) is 5.91 Å². The van der Waals surface area contributed by atoms with Gasteiger partial charge in [-0.25, -0.2) is 0 Å². The van der Waals surface area contributed by atoms with Crippen LogP contribution in [0.2, 0.25) is 5.02 Å². The van der Waals surface area contributed by atoms with Gasteiger partial charge in [0.2, 0.25) is 0 Å². The van der Waals surface area contributed by atoms with E-state index in [0.717, 1.165) is 0 Å². The zero-order valence-corrected chi connectivity index (χ0v) is 13.6. The fraction of sp³-hybridized carbons (Fsp3) is 0.533. The van der Waals surface area contributed by atoms with Crippen LogP contribution in [0.25, 0.3) is 0 Å². The zero-order valence-electron chi connectivity index (χ0n) is 12.9. The van der Waals surface area contributed by atoms with E-state index >= 15 is 0 Å². The monoisotopic (exact) mass is 315 g/mol. The second kappa shape index (κ2) is 8.22. The number of hydrogen-bond acceptors (Lipinski definition) is 4. The van der Waals surface area contributed by atoms with Crippen LogP contribution in [0.4, 0.5) is 5.69 Å². The lowest BCUT2D eigenvalue weighted by molar-refractivity contribution is -0.136. The Morgan fingerprint density at radius 1 is 1.33 bits per heavy atom. The SMILES string of the molecule is CC[C@@](C)(OC)C(=O)Nc1ccc(OCCOC)c(Cl)c1. The molecule has 1 rings (SSSR count). The summed E-state index contributed by atoms with van der Waals surface area (Å²) in [7, 11) is 3.12. The van der Waals surface area contributed by atoms with E-state index in [2.05, 4.69) is 5.32 Å². The van der Waals surface area contributed by atoms with Crippen molar-refractivity contribution in [2.45, 2.75) is 25.9 Å². The maximum Gasteiger partial charge on any atom is 0.256 e. The number of carbonyl (C=O) groups is 1. The number of anilines is 1. The Hall–Kier alpha value is -1.30. The van der Waals surface area contributed by atoms with Crippen LogP contribution < -0.4 is 10.1 Å². The minimum atomic E-state index is -0.861. The van der Waals surface area contributed by atoms with E-state index in [1.165, 1.54) is 7.11 Å². The molecule has 0 fully saturated rings. The molecular formula is C15H22ClNO4. The van der Waals surface area contributed by atoms with Gasteiger partial charge in [-0.05, 0) is 31.5 Å². The maximum atomic E-state index is 12.2. The Morgan fingerprint density at radius 2 is 2.05 bits per heavy atom. The van der Waals surface area contributed by atoms with Gasteiger partial charge in [0, 0.05) is 19.9 Å². The van der Waals surface area contributed by atoms with Gasteiger partial charge in [0.25, 0.3) is 5.91 Å². The Kier molecular flexibility index (Phi) is 6.95. The van der Waals surface area contributed by atoms with Gasteiger partial charge in [-0.3, -0.25) is 4.79 Å². The van der Waals surface area contributed by atoms with Crippen LogP contribution in [0.5, 0.6) is 5.75 Å². The fourth-order valence-electron chi connectivity index (χ4n) is 1.59. The van der Waals surface area contributed by atoms with E-state index in [1.807, 2.05) is 6.92 Å². The molecule has 1 aromatic carbocycles. The van der Waals surface area contributed by atoms with Crippen molar-refractivity contribution in [3.8, 4) is 5.75 Å². The largest absolute Gasteiger partial charge is 0.490 e. The van der Waals surface area contributed by atoms with Gasteiger partial charge in [-0.2, -0.15) is 0 Å². The molecule has 0 spiro atoms. The van der Waals surface area contributed by atoms with Crippen molar-refractivity contribution in [3.05, 3.63) is 23.2 Å². The van der Waals surface area contributed by atoms with Crippen LogP contribution in [0.3, 0.4) is 0 Å². The average molecular weight is 316 g/mol. The van der Waals surface area contributed by atoms with E-state index < -0.39 is 5.60 Å². The third-order valence-corrected chi connectivity index (χ3v) is 3.64. The summed E-state index contributed by atoms with van der Waals surface area (Å²) in [5, 5.41) is 3.22. The molecule has 1 amide bonds. The molecule has 0 heterocycles. The van der Waals surface area contributed by atoms with Crippen molar-refractivity contribution in [2.24, 2.45) is 0 Å². The number of rotatable bonds is 8. The number of hydrogen-bond donors (Lipinski definition) is 1. The summed E-state index contributed by atoms with van der Waals surface area (Å²) in [6.07, 6.45) is 0.571. The summed E-state index contributed by atoms with van der Waals surface area (Å²) in [5.74, 6) is 0.341.